The first-order valence-electron chi connectivity index (χ1n) is 10.6. The highest BCUT2D eigenvalue weighted by Crippen LogP contribution is 2.33. The van der Waals surface area contributed by atoms with E-state index in [4.69, 9.17) is 4.42 Å². The summed E-state index contributed by atoms with van der Waals surface area (Å²) < 4.78 is 17.5. The van der Waals surface area contributed by atoms with Gasteiger partial charge in [0.05, 0.1) is 18.5 Å². The van der Waals surface area contributed by atoms with E-state index in [9.17, 15) is 9.00 Å². The molecule has 0 radical (unpaired) electrons. The second-order valence-electron chi connectivity index (χ2n) is 7.97. The van der Waals surface area contributed by atoms with E-state index < -0.39 is 10.8 Å². The van der Waals surface area contributed by atoms with Gasteiger partial charge in [0.25, 0.3) is 5.91 Å². The number of carbonyl (C=O) groups is 1. The maximum atomic E-state index is 13.2. The van der Waals surface area contributed by atoms with Gasteiger partial charge in [-0.25, -0.2) is 5.01 Å². The van der Waals surface area contributed by atoms with E-state index in [1.807, 2.05) is 73.7 Å². The largest absolute Gasteiger partial charge is 0.467 e. The summed E-state index contributed by atoms with van der Waals surface area (Å²) in [5, 5.41) is 9.49. The summed E-state index contributed by atoms with van der Waals surface area (Å²) in [7, 11) is -1.01. The van der Waals surface area contributed by atoms with E-state index >= 15 is 0 Å². The summed E-state index contributed by atoms with van der Waals surface area (Å²) >= 11 is 0. The second-order valence-corrected chi connectivity index (χ2v) is 9.45. The fourth-order valence-electron chi connectivity index (χ4n) is 3.85. The third-order valence-corrected chi connectivity index (χ3v) is 6.33. The number of nitrogens with zero attached hydrogens (tertiary/aromatic N) is 2. The third kappa shape index (κ3) is 5.23. The van der Waals surface area contributed by atoms with Gasteiger partial charge in [0.15, 0.2) is 0 Å². The van der Waals surface area contributed by atoms with Crippen LogP contribution in [0.1, 0.15) is 41.0 Å². The second kappa shape index (κ2) is 10.1. The average Bonchev–Trinajstić information content (AvgIpc) is 3.47. The van der Waals surface area contributed by atoms with Gasteiger partial charge in [-0.1, -0.05) is 60.2 Å². The summed E-state index contributed by atoms with van der Waals surface area (Å²) in [6.07, 6.45) is 3.87. The molecule has 6 nitrogen and oxygen atoms in total. The van der Waals surface area contributed by atoms with Gasteiger partial charge in [-0.15, -0.1) is 0 Å². The molecule has 1 aliphatic rings. The molecule has 0 bridgehead atoms. The highest BCUT2D eigenvalue weighted by atomic mass is 32.2. The van der Waals surface area contributed by atoms with Crippen molar-refractivity contribution in [2.75, 3.05) is 18.6 Å². The molecule has 3 aromatic rings. The third-order valence-electron chi connectivity index (χ3n) is 5.53. The van der Waals surface area contributed by atoms with Crippen LogP contribution < -0.4 is 5.32 Å². The number of nitrogens with one attached hydrogen (secondary N) is 1. The van der Waals surface area contributed by atoms with Crippen LogP contribution in [0.5, 0.6) is 0 Å². The van der Waals surface area contributed by atoms with Crippen LogP contribution in [0.4, 0.5) is 0 Å². The zero-order valence-electron chi connectivity index (χ0n) is 18.2. The number of hydrogen-bond acceptors (Lipinski definition) is 5. The summed E-state index contributed by atoms with van der Waals surface area (Å²) in [4.78, 5) is 13.2. The summed E-state index contributed by atoms with van der Waals surface area (Å²) in [6, 6.07) is 21.1. The predicted molar refractivity (Wildman–Crippen MR) is 127 cm³/mol. The fraction of sp³-hybridized carbons (Fsp3) is 0.280. The molecule has 2 heterocycles. The van der Waals surface area contributed by atoms with Gasteiger partial charge in [0.1, 0.15) is 11.8 Å². The van der Waals surface area contributed by atoms with Gasteiger partial charge in [-0.3, -0.25) is 9.00 Å². The molecule has 0 fully saturated rings. The first kappa shape index (κ1) is 22.2. The minimum atomic E-state index is -1.01. The smallest absolute Gasteiger partial charge is 0.257 e. The highest BCUT2D eigenvalue weighted by molar-refractivity contribution is 7.84. The Bertz CT molecular complexity index is 1100. The van der Waals surface area contributed by atoms with Gasteiger partial charge < -0.3 is 9.73 Å². The van der Waals surface area contributed by atoms with Gasteiger partial charge in [0, 0.05) is 35.3 Å². The molecule has 1 amide bonds. The van der Waals surface area contributed by atoms with Crippen molar-refractivity contribution in [3.63, 3.8) is 0 Å². The Morgan fingerprint density at radius 3 is 2.56 bits per heavy atom. The van der Waals surface area contributed by atoms with Gasteiger partial charge in [-0.05, 0) is 30.2 Å². The van der Waals surface area contributed by atoms with Crippen molar-refractivity contribution in [1.29, 1.82) is 0 Å². The number of carbonyl (C=O) groups excluding carboxylic acids is 1. The zero-order valence-corrected chi connectivity index (χ0v) is 19.0. The van der Waals surface area contributed by atoms with E-state index in [-0.39, 0.29) is 24.5 Å². The van der Waals surface area contributed by atoms with E-state index in [0.717, 1.165) is 16.8 Å². The Kier molecular flexibility index (Phi) is 6.97. The lowest BCUT2D eigenvalue weighted by atomic mass is 10.0. The molecule has 2 aromatic carbocycles. The van der Waals surface area contributed by atoms with Crippen LogP contribution in [-0.4, -0.2) is 39.4 Å². The molecule has 0 saturated carbocycles. The van der Waals surface area contributed by atoms with E-state index in [2.05, 4.69) is 10.4 Å². The predicted octanol–water partition coefficient (Wildman–Crippen LogP) is 3.98. The van der Waals surface area contributed by atoms with Crippen molar-refractivity contribution < 1.29 is 13.4 Å². The molecule has 0 aliphatic carbocycles. The van der Waals surface area contributed by atoms with Gasteiger partial charge in [0.2, 0.25) is 0 Å². The lowest BCUT2D eigenvalue weighted by molar-refractivity contribution is -0.132. The molecular weight excluding hydrogens is 422 g/mol. The lowest BCUT2D eigenvalue weighted by Gasteiger charge is -2.23. The number of hydrazone groups is 1. The standard InChI is InChI=1S/C25H27N3O3S/c1-18-10-12-20(13-11-18)21-15-23(24-9-6-14-31-24)28(27-21)25(29)16-26-22(17-32(2)30)19-7-4-3-5-8-19/h3-14,22-23,26H,15-17H2,1-2H3/t22-,23-,32+/m1/s1. The topological polar surface area (TPSA) is 74.9 Å². The van der Waals surface area contributed by atoms with Crippen molar-refractivity contribution in [2.45, 2.75) is 25.4 Å². The SMILES string of the molecule is Cc1ccc(C2=NN(C(=O)CN[C@H](C[S@](C)=O)c3ccccc3)[C@@H](c3ccco3)C2)cc1. The van der Waals surface area contributed by atoms with Crippen molar-refractivity contribution in [3.8, 4) is 0 Å². The first-order chi connectivity index (χ1) is 15.5. The number of rotatable bonds is 8. The summed E-state index contributed by atoms with van der Waals surface area (Å²) in [5.41, 5.74) is 4.03. The normalized spacial score (nSPS) is 17.8. The first-order valence-corrected chi connectivity index (χ1v) is 12.3. The van der Waals surface area contributed by atoms with Crippen molar-refractivity contribution in [1.82, 2.24) is 10.3 Å². The number of benzene rings is 2. The maximum Gasteiger partial charge on any atom is 0.257 e. The van der Waals surface area contributed by atoms with Crippen molar-refractivity contribution in [3.05, 3.63) is 95.4 Å². The van der Waals surface area contributed by atoms with E-state index in [0.29, 0.717) is 17.9 Å². The lowest BCUT2D eigenvalue weighted by Crippen LogP contribution is -2.38. The Balaban J connectivity index is 1.53. The van der Waals surface area contributed by atoms with Crippen LogP contribution in [0.25, 0.3) is 0 Å². The highest BCUT2D eigenvalue weighted by Gasteiger charge is 2.34. The zero-order chi connectivity index (χ0) is 22.5. The van der Waals surface area contributed by atoms with Crippen molar-refractivity contribution >= 4 is 22.4 Å². The van der Waals surface area contributed by atoms with Gasteiger partial charge >= 0.3 is 0 Å². The Labute approximate surface area is 190 Å². The fourth-order valence-corrected chi connectivity index (χ4v) is 4.63. The van der Waals surface area contributed by atoms with Gasteiger partial charge in [-0.2, -0.15) is 5.10 Å². The number of furan rings is 1. The molecule has 4 rings (SSSR count). The summed E-state index contributed by atoms with van der Waals surface area (Å²) in [6.45, 7) is 2.12. The van der Waals surface area contributed by atoms with Crippen LogP contribution >= 0.6 is 0 Å². The molecule has 7 heteroatoms. The molecule has 1 aromatic heterocycles. The van der Waals surface area contributed by atoms with E-state index in [1.54, 1.807) is 12.5 Å². The quantitative estimate of drug-likeness (QED) is 0.565. The molecule has 0 spiro atoms. The molecule has 3 atom stereocenters. The number of amides is 1. The molecule has 1 N–H and O–H groups in total. The molecule has 166 valence electrons. The van der Waals surface area contributed by atoms with Crippen molar-refractivity contribution in [2.24, 2.45) is 5.10 Å². The van der Waals surface area contributed by atoms with Crippen LogP contribution in [0.15, 0.2) is 82.5 Å². The maximum absolute atomic E-state index is 13.2. The molecule has 0 saturated heterocycles. The Morgan fingerprint density at radius 1 is 1.16 bits per heavy atom. The van der Waals surface area contributed by atoms with Crippen LogP contribution in [-0.2, 0) is 15.6 Å². The molecule has 1 aliphatic heterocycles. The minimum Gasteiger partial charge on any atom is -0.467 e. The number of aryl methyl sites for hydroxylation is 1. The summed E-state index contributed by atoms with van der Waals surface area (Å²) in [5.74, 6) is 0.978. The molecular formula is C25H27N3O3S. The monoisotopic (exact) mass is 449 g/mol. The minimum absolute atomic E-state index is 0.0820. The molecule has 32 heavy (non-hydrogen) atoms. The van der Waals surface area contributed by atoms with Crippen LogP contribution in [0, 0.1) is 6.92 Å². The Hall–Kier alpha value is -3.03. The van der Waals surface area contributed by atoms with E-state index in [1.165, 1.54) is 10.6 Å². The average molecular weight is 450 g/mol. The Morgan fingerprint density at radius 2 is 1.91 bits per heavy atom. The molecule has 0 unspecified atom stereocenters. The number of hydrogen-bond donors (Lipinski definition) is 1. The van der Waals surface area contributed by atoms with Crippen LogP contribution in [0.3, 0.4) is 0 Å². The van der Waals surface area contributed by atoms with Crippen LogP contribution in [0.2, 0.25) is 0 Å².